The molecule has 2 amide bonds. The average molecular weight is 431 g/mol. The monoisotopic (exact) mass is 430 g/mol. The first-order chi connectivity index (χ1) is 13.7. The second kappa shape index (κ2) is 10.5. The van der Waals surface area contributed by atoms with Gasteiger partial charge in [-0.2, -0.15) is 0 Å². The summed E-state index contributed by atoms with van der Waals surface area (Å²) in [4.78, 5) is 23.4. The molecule has 152 valence electrons. The van der Waals surface area contributed by atoms with Gasteiger partial charge >= 0.3 is 0 Å². The lowest BCUT2D eigenvalue weighted by molar-refractivity contribution is -0.117. The van der Waals surface area contributed by atoms with Crippen molar-refractivity contribution in [2.75, 3.05) is 10.6 Å². The molecule has 0 aliphatic rings. The van der Waals surface area contributed by atoms with Crippen LogP contribution in [0, 0.1) is 0 Å². The zero-order valence-electron chi connectivity index (χ0n) is 16.2. The van der Waals surface area contributed by atoms with Crippen LogP contribution in [0.5, 0.6) is 5.75 Å². The summed E-state index contributed by atoms with van der Waals surface area (Å²) in [6, 6.07) is 13.9. The van der Waals surface area contributed by atoms with Crippen molar-refractivity contribution < 1.29 is 14.3 Å². The Morgan fingerprint density at radius 2 is 1.45 bits per heavy atom. The second-order valence-corrected chi connectivity index (χ2v) is 7.13. The Hall–Kier alpha value is -3.04. The van der Waals surface area contributed by atoms with Crippen LogP contribution in [0.25, 0.3) is 0 Å². The number of rotatable bonds is 5. The predicted octanol–water partition coefficient (Wildman–Crippen LogP) is 3.43. The lowest BCUT2D eigenvalue weighted by Gasteiger charge is -2.13. The van der Waals surface area contributed by atoms with Gasteiger partial charge < -0.3 is 20.7 Å². The number of hydrogen-bond acceptors (Lipinski definition) is 5. The molecular weight excluding hydrogens is 408 g/mol. The van der Waals surface area contributed by atoms with E-state index in [2.05, 4.69) is 21.3 Å². The van der Waals surface area contributed by atoms with Gasteiger partial charge in [-0.3, -0.25) is 14.9 Å². The lowest BCUT2D eigenvalue weighted by atomic mass is 10.2. The van der Waals surface area contributed by atoms with Crippen molar-refractivity contribution in [3.8, 4) is 5.75 Å². The fourth-order valence-electron chi connectivity index (χ4n) is 2.28. The molecule has 0 aliphatic heterocycles. The van der Waals surface area contributed by atoms with E-state index >= 15 is 0 Å². The molecule has 2 aromatic rings. The average Bonchev–Trinajstić information content (AvgIpc) is 2.62. The third-order valence-electron chi connectivity index (χ3n) is 3.39. The first-order valence-electron chi connectivity index (χ1n) is 8.80. The smallest absolute Gasteiger partial charge is 0.257 e. The first kappa shape index (κ1) is 22.3. The maximum Gasteiger partial charge on any atom is 0.257 e. The Morgan fingerprint density at radius 1 is 0.897 bits per heavy atom. The van der Waals surface area contributed by atoms with E-state index in [0.29, 0.717) is 22.7 Å². The van der Waals surface area contributed by atoms with Crippen LogP contribution in [0.2, 0.25) is 0 Å². The van der Waals surface area contributed by atoms with Gasteiger partial charge in [0.2, 0.25) is 5.91 Å². The SMILES string of the molecule is CC(=O)NC(=S)Nc1ccc(NC(=S)NC(=O)c2cccc(OC(C)C)c2)cc1. The van der Waals surface area contributed by atoms with Gasteiger partial charge in [0.15, 0.2) is 10.2 Å². The van der Waals surface area contributed by atoms with Crippen molar-refractivity contribution in [1.82, 2.24) is 10.6 Å². The van der Waals surface area contributed by atoms with Crippen molar-refractivity contribution in [2.45, 2.75) is 26.9 Å². The van der Waals surface area contributed by atoms with E-state index in [4.69, 9.17) is 29.2 Å². The largest absolute Gasteiger partial charge is 0.491 e. The molecule has 0 fully saturated rings. The minimum atomic E-state index is -0.337. The van der Waals surface area contributed by atoms with Gasteiger partial charge in [0.25, 0.3) is 5.91 Å². The van der Waals surface area contributed by atoms with Gasteiger partial charge in [-0.25, -0.2) is 0 Å². The molecule has 7 nitrogen and oxygen atoms in total. The van der Waals surface area contributed by atoms with Crippen molar-refractivity contribution >= 4 is 57.8 Å². The number of anilines is 2. The molecule has 4 N–H and O–H groups in total. The van der Waals surface area contributed by atoms with Crippen molar-refractivity contribution in [2.24, 2.45) is 0 Å². The highest BCUT2D eigenvalue weighted by Crippen LogP contribution is 2.16. The summed E-state index contributed by atoms with van der Waals surface area (Å²) >= 11 is 10.2. The fourth-order valence-corrected chi connectivity index (χ4v) is 2.75. The van der Waals surface area contributed by atoms with Crippen LogP contribution in [0.3, 0.4) is 0 Å². The van der Waals surface area contributed by atoms with Crippen LogP contribution < -0.4 is 26.0 Å². The van der Waals surface area contributed by atoms with Crippen molar-refractivity contribution in [3.63, 3.8) is 0 Å². The molecule has 0 aromatic heterocycles. The molecule has 0 atom stereocenters. The number of carbonyl (C=O) groups is 2. The molecular formula is C20H22N4O3S2. The van der Waals surface area contributed by atoms with E-state index in [1.165, 1.54) is 6.92 Å². The van der Waals surface area contributed by atoms with E-state index < -0.39 is 0 Å². The Bertz CT molecular complexity index is 914. The van der Waals surface area contributed by atoms with E-state index in [0.717, 1.165) is 0 Å². The van der Waals surface area contributed by atoms with E-state index in [1.54, 1.807) is 48.5 Å². The van der Waals surface area contributed by atoms with Gasteiger partial charge in [-0.1, -0.05) is 6.07 Å². The summed E-state index contributed by atoms with van der Waals surface area (Å²) in [5.74, 6) is 0.0330. The van der Waals surface area contributed by atoms with Crippen molar-refractivity contribution in [1.29, 1.82) is 0 Å². The quantitative estimate of drug-likeness (QED) is 0.540. The highest BCUT2D eigenvalue weighted by atomic mass is 32.1. The minimum absolute atomic E-state index is 0.0149. The lowest BCUT2D eigenvalue weighted by Crippen LogP contribution is -2.34. The molecule has 2 rings (SSSR count). The molecule has 0 saturated heterocycles. The number of ether oxygens (including phenoxy) is 1. The topological polar surface area (TPSA) is 91.5 Å². The maximum atomic E-state index is 12.4. The zero-order chi connectivity index (χ0) is 21.4. The van der Waals surface area contributed by atoms with Gasteiger partial charge in [-0.05, 0) is 80.7 Å². The van der Waals surface area contributed by atoms with Crippen LogP contribution in [0.4, 0.5) is 11.4 Å². The number of benzene rings is 2. The van der Waals surface area contributed by atoms with Crippen LogP contribution in [-0.2, 0) is 4.79 Å². The van der Waals surface area contributed by atoms with Crippen LogP contribution in [0.1, 0.15) is 31.1 Å². The van der Waals surface area contributed by atoms with E-state index in [9.17, 15) is 9.59 Å². The van der Waals surface area contributed by atoms with Gasteiger partial charge in [0, 0.05) is 23.9 Å². The molecule has 0 aliphatic carbocycles. The summed E-state index contributed by atoms with van der Waals surface area (Å²) in [5.41, 5.74) is 1.83. The Morgan fingerprint density at radius 3 is 1.97 bits per heavy atom. The molecule has 0 saturated carbocycles. The van der Waals surface area contributed by atoms with Gasteiger partial charge in [0.1, 0.15) is 5.75 Å². The summed E-state index contributed by atoms with van der Waals surface area (Å²) in [6.45, 7) is 5.21. The van der Waals surface area contributed by atoms with Gasteiger partial charge in [0.05, 0.1) is 6.10 Å². The first-order valence-corrected chi connectivity index (χ1v) is 9.62. The third-order valence-corrected chi connectivity index (χ3v) is 3.79. The molecule has 0 unspecified atom stereocenters. The highest BCUT2D eigenvalue weighted by Gasteiger charge is 2.10. The highest BCUT2D eigenvalue weighted by molar-refractivity contribution is 7.80. The van der Waals surface area contributed by atoms with Crippen LogP contribution >= 0.6 is 24.4 Å². The molecule has 29 heavy (non-hydrogen) atoms. The maximum absolute atomic E-state index is 12.4. The van der Waals surface area contributed by atoms with Crippen molar-refractivity contribution in [3.05, 3.63) is 54.1 Å². The Labute approximate surface area is 180 Å². The zero-order valence-corrected chi connectivity index (χ0v) is 17.9. The molecule has 2 aromatic carbocycles. The normalized spacial score (nSPS) is 10.1. The second-order valence-electron chi connectivity index (χ2n) is 6.32. The van der Waals surface area contributed by atoms with E-state index in [1.807, 2.05) is 13.8 Å². The molecule has 0 spiro atoms. The molecule has 0 bridgehead atoms. The number of amides is 2. The third kappa shape index (κ3) is 7.84. The Kier molecular flexibility index (Phi) is 8.05. The standard InChI is InChI=1S/C20H22N4O3S2/c1-12(2)27-17-6-4-5-14(11-17)18(26)24-20(29)23-16-9-7-15(8-10-16)22-19(28)21-13(3)25/h4-12H,1-3H3,(H2,21,22,25,28)(H2,23,24,26,29). The number of thiocarbonyl (C=S) groups is 2. The van der Waals surface area contributed by atoms with Crippen LogP contribution in [-0.4, -0.2) is 28.1 Å². The summed E-state index contributed by atoms with van der Waals surface area (Å²) in [7, 11) is 0. The Balaban J connectivity index is 1.91. The minimum Gasteiger partial charge on any atom is -0.491 e. The molecule has 9 heteroatoms. The van der Waals surface area contributed by atoms with Crippen LogP contribution in [0.15, 0.2) is 48.5 Å². The molecule has 0 heterocycles. The summed E-state index contributed by atoms with van der Waals surface area (Å²) in [5, 5.41) is 11.3. The number of nitrogens with one attached hydrogen (secondary N) is 4. The van der Waals surface area contributed by atoms with E-state index in [-0.39, 0.29) is 28.1 Å². The summed E-state index contributed by atoms with van der Waals surface area (Å²) in [6.07, 6.45) is 0.0149. The molecule has 0 radical (unpaired) electrons. The van der Waals surface area contributed by atoms with Gasteiger partial charge in [-0.15, -0.1) is 0 Å². The predicted molar refractivity (Wildman–Crippen MR) is 122 cm³/mol. The fraction of sp³-hybridized carbons (Fsp3) is 0.200. The number of carbonyl (C=O) groups excluding carboxylic acids is 2. The number of hydrogen-bond donors (Lipinski definition) is 4. The summed E-state index contributed by atoms with van der Waals surface area (Å²) < 4.78 is 5.60.